The minimum absolute atomic E-state index is 0.149. The van der Waals surface area contributed by atoms with E-state index in [0.29, 0.717) is 5.56 Å². The zero-order valence-corrected chi connectivity index (χ0v) is 7.61. The van der Waals surface area contributed by atoms with Crippen molar-refractivity contribution in [2.24, 2.45) is 0 Å². The number of rotatable bonds is 3. The lowest BCUT2D eigenvalue weighted by Crippen LogP contribution is -2.06. The molecule has 0 saturated heterocycles. The molecule has 14 heavy (non-hydrogen) atoms. The number of nitro benzene ring substituents is 1. The average Bonchev–Trinajstić information content (AvgIpc) is 2.07. The van der Waals surface area contributed by atoms with Crippen LogP contribution >= 0.6 is 0 Å². The number of nitro groups is 1. The zero-order chi connectivity index (χ0) is 10.7. The van der Waals surface area contributed by atoms with Crippen LogP contribution in [-0.4, -0.2) is 16.1 Å². The quantitative estimate of drug-likeness (QED) is 0.594. The van der Waals surface area contributed by atoms with Crippen LogP contribution in [0.4, 0.5) is 10.1 Å². The molecule has 1 rings (SSSR count). The minimum atomic E-state index is -0.681. The molecule has 0 spiro atoms. The maximum absolute atomic E-state index is 12.7. The summed E-state index contributed by atoms with van der Waals surface area (Å²) in [5, 5.41) is 19.6. The predicted molar refractivity (Wildman–Crippen MR) is 48.4 cm³/mol. The van der Waals surface area contributed by atoms with E-state index in [-0.39, 0.29) is 12.1 Å². The number of benzene rings is 1. The summed E-state index contributed by atoms with van der Waals surface area (Å²) in [6.07, 6.45) is -0.532. The van der Waals surface area contributed by atoms with Gasteiger partial charge in [0, 0.05) is 12.0 Å². The highest BCUT2D eigenvalue weighted by molar-refractivity contribution is 5.40. The number of aliphatic hydroxyl groups excluding tert-OH is 1. The third kappa shape index (κ3) is 2.50. The zero-order valence-electron chi connectivity index (χ0n) is 7.61. The van der Waals surface area contributed by atoms with Crippen LogP contribution in [0, 0.1) is 15.9 Å². The van der Waals surface area contributed by atoms with E-state index >= 15 is 0 Å². The molecule has 0 fully saturated rings. The van der Waals surface area contributed by atoms with Crippen molar-refractivity contribution < 1.29 is 14.4 Å². The summed E-state index contributed by atoms with van der Waals surface area (Å²) < 4.78 is 12.7. The van der Waals surface area contributed by atoms with E-state index in [0.717, 1.165) is 12.1 Å². The summed E-state index contributed by atoms with van der Waals surface area (Å²) in [6.45, 7) is 1.52. The normalized spacial score (nSPS) is 12.5. The van der Waals surface area contributed by atoms with E-state index < -0.39 is 16.8 Å². The predicted octanol–water partition coefficient (Wildman–Crippen LogP) is 1.66. The van der Waals surface area contributed by atoms with Crippen LogP contribution < -0.4 is 0 Å². The third-order valence-corrected chi connectivity index (χ3v) is 1.76. The fraction of sp³-hybridized carbons (Fsp3) is 0.333. The summed E-state index contributed by atoms with van der Waals surface area (Å²) in [5.41, 5.74) is 0.0531. The van der Waals surface area contributed by atoms with Crippen LogP contribution in [0.1, 0.15) is 12.5 Å². The second kappa shape index (κ2) is 4.15. The molecule has 0 heterocycles. The van der Waals surface area contributed by atoms with Crippen molar-refractivity contribution >= 4 is 5.69 Å². The molecule has 1 aromatic rings. The molecule has 1 unspecified atom stereocenters. The van der Waals surface area contributed by atoms with Gasteiger partial charge in [-0.15, -0.1) is 0 Å². The summed E-state index contributed by atoms with van der Waals surface area (Å²) in [4.78, 5) is 9.86. The van der Waals surface area contributed by atoms with E-state index in [1.165, 1.54) is 13.0 Å². The van der Waals surface area contributed by atoms with Crippen LogP contribution in [-0.2, 0) is 6.42 Å². The second-order valence-electron chi connectivity index (χ2n) is 3.08. The van der Waals surface area contributed by atoms with Crippen LogP contribution in [0.25, 0.3) is 0 Å². The second-order valence-corrected chi connectivity index (χ2v) is 3.08. The molecule has 1 aromatic carbocycles. The molecule has 1 atom stereocenters. The van der Waals surface area contributed by atoms with Gasteiger partial charge in [-0.1, -0.05) is 0 Å². The van der Waals surface area contributed by atoms with Gasteiger partial charge in [0.2, 0.25) is 0 Å². The Hall–Kier alpha value is -1.49. The lowest BCUT2D eigenvalue weighted by Gasteiger charge is -2.04. The fourth-order valence-electron chi connectivity index (χ4n) is 1.20. The number of hydrogen-bond donors (Lipinski definition) is 1. The van der Waals surface area contributed by atoms with E-state index in [4.69, 9.17) is 5.11 Å². The molecule has 0 amide bonds. The Balaban J connectivity index is 3.08. The van der Waals surface area contributed by atoms with Crippen LogP contribution in [0.15, 0.2) is 18.2 Å². The molecule has 0 aliphatic heterocycles. The highest BCUT2D eigenvalue weighted by atomic mass is 19.1. The van der Waals surface area contributed by atoms with Crippen molar-refractivity contribution in [1.29, 1.82) is 0 Å². The first-order chi connectivity index (χ1) is 6.50. The van der Waals surface area contributed by atoms with E-state index in [1.54, 1.807) is 0 Å². The van der Waals surface area contributed by atoms with Gasteiger partial charge in [0.05, 0.1) is 17.1 Å². The highest BCUT2D eigenvalue weighted by Crippen LogP contribution is 2.20. The van der Waals surface area contributed by atoms with Crippen LogP contribution in [0.3, 0.4) is 0 Å². The summed E-state index contributed by atoms with van der Waals surface area (Å²) >= 11 is 0. The monoisotopic (exact) mass is 199 g/mol. The first-order valence-corrected chi connectivity index (χ1v) is 4.11. The molecule has 0 saturated carbocycles. The molecule has 0 aromatic heterocycles. The molecule has 76 valence electrons. The molecular formula is C9H10FNO3. The Morgan fingerprint density at radius 3 is 2.79 bits per heavy atom. The lowest BCUT2D eigenvalue weighted by molar-refractivity contribution is -0.385. The average molecular weight is 199 g/mol. The summed E-state index contributed by atoms with van der Waals surface area (Å²) in [6, 6.07) is 3.32. The summed E-state index contributed by atoms with van der Waals surface area (Å²) in [5.74, 6) is -0.647. The first kappa shape index (κ1) is 10.6. The molecular weight excluding hydrogens is 189 g/mol. The topological polar surface area (TPSA) is 63.4 Å². The Labute approximate surface area is 80.1 Å². The molecule has 0 aliphatic rings. The van der Waals surface area contributed by atoms with E-state index in [9.17, 15) is 14.5 Å². The largest absolute Gasteiger partial charge is 0.393 e. The van der Waals surface area contributed by atoms with Crippen LogP contribution in [0.2, 0.25) is 0 Å². The standard InChI is InChI=1S/C9H10FNO3/c1-6(12)4-7-2-3-8(10)5-9(7)11(13)14/h2-3,5-6,12H,4H2,1H3. The van der Waals surface area contributed by atoms with Gasteiger partial charge < -0.3 is 5.11 Å². The van der Waals surface area contributed by atoms with Gasteiger partial charge in [0.15, 0.2) is 0 Å². The van der Waals surface area contributed by atoms with Gasteiger partial charge in [-0.05, 0) is 19.1 Å². The number of nitrogens with zero attached hydrogens (tertiary/aromatic N) is 1. The first-order valence-electron chi connectivity index (χ1n) is 4.11. The molecule has 0 radical (unpaired) electrons. The van der Waals surface area contributed by atoms with Crippen molar-refractivity contribution in [1.82, 2.24) is 0 Å². The number of halogens is 1. The van der Waals surface area contributed by atoms with Crippen molar-refractivity contribution in [3.8, 4) is 0 Å². The van der Waals surface area contributed by atoms with Gasteiger partial charge in [0.25, 0.3) is 5.69 Å². The smallest absolute Gasteiger partial charge is 0.275 e. The van der Waals surface area contributed by atoms with E-state index in [2.05, 4.69) is 0 Å². The Kier molecular flexibility index (Phi) is 3.14. The number of aliphatic hydroxyl groups is 1. The van der Waals surface area contributed by atoms with Gasteiger partial charge in [0.1, 0.15) is 5.82 Å². The highest BCUT2D eigenvalue weighted by Gasteiger charge is 2.15. The molecule has 0 aliphatic carbocycles. The molecule has 4 nitrogen and oxygen atoms in total. The SMILES string of the molecule is CC(O)Cc1ccc(F)cc1[N+](=O)[O-]. The molecule has 0 bridgehead atoms. The van der Waals surface area contributed by atoms with Gasteiger partial charge in [-0.25, -0.2) is 4.39 Å². The minimum Gasteiger partial charge on any atom is -0.393 e. The van der Waals surface area contributed by atoms with Crippen molar-refractivity contribution in [2.45, 2.75) is 19.4 Å². The Morgan fingerprint density at radius 1 is 1.64 bits per heavy atom. The third-order valence-electron chi connectivity index (χ3n) is 1.76. The van der Waals surface area contributed by atoms with E-state index in [1.807, 2.05) is 0 Å². The fourth-order valence-corrected chi connectivity index (χ4v) is 1.20. The molecule has 1 N–H and O–H groups in total. The van der Waals surface area contributed by atoms with Gasteiger partial charge in [-0.3, -0.25) is 10.1 Å². The Bertz CT molecular complexity index is 352. The van der Waals surface area contributed by atoms with Gasteiger partial charge in [-0.2, -0.15) is 0 Å². The van der Waals surface area contributed by atoms with Crippen molar-refractivity contribution in [2.75, 3.05) is 0 Å². The van der Waals surface area contributed by atoms with Crippen molar-refractivity contribution in [3.05, 3.63) is 39.7 Å². The van der Waals surface area contributed by atoms with Crippen LogP contribution in [0.5, 0.6) is 0 Å². The maximum atomic E-state index is 12.7. The summed E-state index contributed by atoms with van der Waals surface area (Å²) in [7, 11) is 0. The lowest BCUT2D eigenvalue weighted by atomic mass is 10.1. The molecule has 5 heteroatoms. The Morgan fingerprint density at radius 2 is 2.29 bits per heavy atom. The van der Waals surface area contributed by atoms with Gasteiger partial charge >= 0.3 is 0 Å². The number of hydrogen-bond acceptors (Lipinski definition) is 3. The maximum Gasteiger partial charge on any atom is 0.275 e. The van der Waals surface area contributed by atoms with Crippen molar-refractivity contribution in [3.63, 3.8) is 0 Å².